The Bertz CT molecular complexity index is 224. The number of hydrogen-bond acceptors (Lipinski definition) is 4. The first-order valence-electron chi connectivity index (χ1n) is 7.48. The summed E-state index contributed by atoms with van der Waals surface area (Å²) in [5.41, 5.74) is 6.00. The highest BCUT2D eigenvalue weighted by Gasteiger charge is 2.26. The summed E-state index contributed by atoms with van der Waals surface area (Å²) in [7, 11) is 0. The lowest BCUT2D eigenvalue weighted by atomic mass is 9.90. The Labute approximate surface area is 111 Å². The van der Waals surface area contributed by atoms with Crippen molar-refractivity contribution in [3.8, 4) is 0 Å². The standard InChI is InChI=1S/C14H28N2O2/c1-2-8-16(10-14-7-9-17-11-18-14)13-5-3-12(15)4-6-13/h12-14H,2-11,15H2,1H3. The molecule has 0 radical (unpaired) electrons. The number of nitrogens with zero attached hydrogens (tertiary/aromatic N) is 1. The van der Waals surface area contributed by atoms with Crippen LogP contribution in [0.4, 0.5) is 0 Å². The molecule has 0 bridgehead atoms. The molecule has 0 aromatic rings. The van der Waals surface area contributed by atoms with E-state index in [1.54, 1.807) is 0 Å². The van der Waals surface area contributed by atoms with Crippen LogP contribution in [-0.2, 0) is 9.47 Å². The van der Waals surface area contributed by atoms with E-state index in [0.717, 1.165) is 25.6 Å². The maximum atomic E-state index is 6.00. The largest absolute Gasteiger partial charge is 0.355 e. The van der Waals surface area contributed by atoms with Gasteiger partial charge in [-0.1, -0.05) is 6.92 Å². The topological polar surface area (TPSA) is 47.7 Å². The summed E-state index contributed by atoms with van der Waals surface area (Å²) in [6.45, 7) is 5.82. The molecule has 1 saturated carbocycles. The normalized spacial score (nSPS) is 33.8. The van der Waals surface area contributed by atoms with E-state index < -0.39 is 0 Å². The summed E-state index contributed by atoms with van der Waals surface area (Å²) < 4.78 is 10.9. The van der Waals surface area contributed by atoms with Gasteiger partial charge in [0.1, 0.15) is 6.79 Å². The smallest absolute Gasteiger partial charge is 0.147 e. The van der Waals surface area contributed by atoms with Crippen LogP contribution in [0.1, 0.15) is 45.4 Å². The lowest BCUT2D eigenvalue weighted by Gasteiger charge is -2.38. The molecule has 2 N–H and O–H groups in total. The molecule has 1 heterocycles. The highest BCUT2D eigenvalue weighted by Crippen LogP contribution is 2.23. The second-order valence-corrected chi connectivity index (χ2v) is 5.67. The molecule has 1 unspecified atom stereocenters. The fourth-order valence-electron chi connectivity index (χ4n) is 3.08. The SMILES string of the molecule is CCCN(CC1CCOCO1)C1CCC(N)CC1. The van der Waals surface area contributed by atoms with E-state index >= 15 is 0 Å². The van der Waals surface area contributed by atoms with E-state index in [1.807, 2.05) is 0 Å². The van der Waals surface area contributed by atoms with Crippen LogP contribution in [0.2, 0.25) is 0 Å². The van der Waals surface area contributed by atoms with Gasteiger partial charge in [-0.2, -0.15) is 0 Å². The molecule has 0 amide bonds. The van der Waals surface area contributed by atoms with Gasteiger partial charge in [0.15, 0.2) is 0 Å². The first kappa shape index (κ1) is 14.3. The molecule has 0 aromatic heterocycles. The predicted molar refractivity (Wildman–Crippen MR) is 72.4 cm³/mol. The molecule has 18 heavy (non-hydrogen) atoms. The Hall–Kier alpha value is -0.160. The quantitative estimate of drug-likeness (QED) is 0.814. The summed E-state index contributed by atoms with van der Waals surface area (Å²) in [5.74, 6) is 0. The van der Waals surface area contributed by atoms with Crippen molar-refractivity contribution in [1.82, 2.24) is 4.90 Å². The van der Waals surface area contributed by atoms with Crippen LogP contribution >= 0.6 is 0 Å². The van der Waals surface area contributed by atoms with E-state index in [-0.39, 0.29) is 0 Å². The molecule has 2 fully saturated rings. The van der Waals surface area contributed by atoms with Crippen molar-refractivity contribution in [2.45, 2.75) is 63.6 Å². The molecule has 4 heteroatoms. The molecule has 2 aliphatic rings. The Kier molecular flexibility index (Phi) is 5.89. The van der Waals surface area contributed by atoms with Gasteiger partial charge in [0.25, 0.3) is 0 Å². The lowest BCUT2D eigenvalue weighted by molar-refractivity contribution is -0.147. The molecule has 1 aliphatic carbocycles. The van der Waals surface area contributed by atoms with E-state index in [2.05, 4.69) is 11.8 Å². The molecule has 1 atom stereocenters. The summed E-state index contributed by atoms with van der Waals surface area (Å²) >= 11 is 0. The van der Waals surface area contributed by atoms with Crippen LogP contribution in [0.15, 0.2) is 0 Å². The molecular formula is C14H28N2O2. The van der Waals surface area contributed by atoms with E-state index in [4.69, 9.17) is 15.2 Å². The van der Waals surface area contributed by atoms with Gasteiger partial charge < -0.3 is 15.2 Å². The van der Waals surface area contributed by atoms with Crippen LogP contribution < -0.4 is 5.73 Å². The van der Waals surface area contributed by atoms with E-state index in [9.17, 15) is 0 Å². The Balaban J connectivity index is 1.82. The average molecular weight is 256 g/mol. The number of hydrogen-bond donors (Lipinski definition) is 1. The fraction of sp³-hybridized carbons (Fsp3) is 1.00. The Morgan fingerprint density at radius 1 is 1.17 bits per heavy atom. The molecular weight excluding hydrogens is 228 g/mol. The zero-order valence-electron chi connectivity index (χ0n) is 11.6. The number of ether oxygens (including phenoxy) is 2. The highest BCUT2D eigenvalue weighted by atomic mass is 16.7. The maximum absolute atomic E-state index is 6.00. The number of rotatable bonds is 5. The van der Waals surface area contributed by atoms with Crippen molar-refractivity contribution >= 4 is 0 Å². The minimum atomic E-state index is 0.362. The first-order chi connectivity index (χ1) is 8.79. The zero-order chi connectivity index (χ0) is 12.8. The minimum absolute atomic E-state index is 0.362. The van der Waals surface area contributed by atoms with Crippen molar-refractivity contribution in [3.05, 3.63) is 0 Å². The summed E-state index contributed by atoms with van der Waals surface area (Å²) in [4.78, 5) is 2.63. The van der Waals surface area contributed by atoms with E-state index in [1.165, 1.54) is 38.6 Å². The fourth-order valence-corrected chi connectivity index (χ4v) is 3.08. The molecule has 4 nitrogen and oxygen atoms in total. The van der Waals surface area contributed by atoms with Crippen LogP contribution in [-0.4, -0.2) is 49.6 Å². The average Bonchev–Trinajstić information content (AvgIpc) is 2.40. The van der Waals surface area contributed by atoms with Crippen LogP contribution in [0.25, 0.3) is 0 Å². The van der Waals surface area contributed by atoms with Crippen molar-refractivity contribution < 1.29 is 9.47 Å². The first-order valence-corrected chi connectivity index (χ1v) is 7.48. The summed E-state index contributed by atoms with van der Waals surface area (Å²) in [5, 5.41) is 0. The van der Waals surface area contributed by atoms with Gasteiger partial charge in [0.2, 0.25) is 0 Å². The molecule has 1 aliphatic heterocycles. The van der Waals surface area contributed by atoms with Crippen molar-refractivity contribution in [2.24, 2.45) is 5.73 Å². The number of nitrogens with two attached hydrogens (primary N) is 1. The van der Waals surface area contributed by atoms with Gasteiger partial charge in [-0.25, -0.2) is 0 Å². The van der Waals surface area contributed by atoms with Gasteiger partial charge in [-0.3, -0.25) is 4.90 Å². The van der Waals surface area contributed by atoms with Crippen LogP contribution in [0.5, 0.6) is 0 Å². The Morgan fingerprint density at radius 3 is 2.56 bits per heavy atom. The van der Waals surface area contributed by atoms with Crippen molar-refractivity contribution in [1.29, 1.82) is 0 Å². The zero-order valence-corrected chi connectivity index (χ0v) is 11.6. The lowest BCUT2D eigenvalue weighted by Crippen LogP contribution is -2.46. The van der Waals surface area contributed by atoms with Gasteiger partial charge in [0, 0.05) is 18.6 Å². The predicted octanol–water partition coefficient (Wildman–Crippen LogP) is 1.73. The second kappa shape index (κ2) is 7.43. The van der Waals surface area contributed by atoms with Crippen molar-refractivity contribution in [3.63, 3.8) is 0 Å². The molecule has 2 rings (SSSR count). The third kappa shape index (κ3) is 4.19. The van der Waals surface area contributed by atoms with Gasteiger partial charge >= 0.3 is 0 Å². The summed E-state index contributed by atoms with van der Waals surface area (Å²) in [6, 6.07) is 1.15. The van der Waals surface area contributed by atoms with Gasteiger partial charge in [0.05, 0.1) is 12.7 Å². The molecule has 1 saturated heterocycles. The minimum Gasteiger partial charge on any atom is -0.355 e. The van der Waals surface area contributed by atoms with Crippen LogP contribution in [0, 0.1) is 0 Å². The third-order valence-electron chi connectivity index (χ3n) is 4.18. The molecule has 0 aromatic carbocycles. The third-order valence-corrected chi connectivity index (χ3v) is 4.18. The summed E-state index contributed by atoms with van der Waals surface area (Å²) in [6.07, 6.45) is 7.48. The van der Waals surface area contributed by atoms with E-state index in [0.29, 0.717) is 18.9 Å². The Morgan fingerprint density at radius 2 is 1.94 bits per heavy atom. The van der Waals surface area contributed by atoms with Gasteiger partial charge in [-0.05, 0) is 45.1 Å². The molecule has 0 spiro atoms. The second-order valence-electron chi connectivity index (χ2n) is 5.67. The van der Waals surface area contributed by atoms with Crippen molar-refractivity contribution in [2.75, 3.05) is 26.5 Å². The molecule has 106 valence electrons. The highest BCUT2D eigenvalue weighted by molar-refractivity contribution is 4.82. The maximum Gasteiger partial charge on any atom is 0.147 e. The monoisotopic (exact) mass is 256 g/mol. The van der Waals surface area contributed by atoms with Crippen LogP contribution in [0.3, 0.4) is 0 Å². The van der Waals surface area contributed by atoms with Gasteiger partial charge in [-0.15, -0.1) is 0 Å².